The summed E-state index contributed by atoms with van der Waals surface area (Å²) in [6, 6.07) is 5.67. The Morgan fingerprint density at radius 1 is 0.879 bits per heavy atom. The number of allylic oxidation sites excluding steroid dienone is 1. The van der Waals surface area contributed by atoms with Crippen molar-refractivity contribution in [1.29, 1.82) is 0 Å². The first-order valence-corrected chi connectivity index (χ1v) is 11.5. The normalized spacial score (nSPS) is 12.2. The lowest BCUT2D eigenvalue weighted by molar-refractivity contribution is -0.154. The van der Waals surface area contributed by atoms with Crippen LogP contribution in [0.15, 0.2) is 30.5 Å². The van der Waals surface area contributed by atoms with Crippen molar-refractivity contribution >= 4 is 12.1 Å². The van der Waals surface area contributed by atoms with Gasteiger partial charge in [-0.3, -0.25) is 4.79 Å². The van der Waals surface area contributed by atoms with Crippen molar-refractivity contribution in [2.75, 3.05) is 27.2 Å². The van der Waals surface area contributed by atoms with Gasteiger partial charge in [-0.15, -0.1) is 0 Å². The molecule has 1 aromatic rings. The van der Waals surface area contributed by atoms with Gasteiger partial charge in [0.2, 0.25) is 0 Å². The number of benzene rings is 1. The molecule has 1 aromatic carbocycles. The van der Waals surface area contributed by atoms with Crippen molar-refractivity contribution in [3.8, 4) is 5.75 Å². The van der Waals surface area contributed by atoms with Gasteiger partial charge in [-0.05, 0) is 43.9 Å². The van der Waals surface area contributed by atoms with Crippen LogP contribution in [-0.4, -0.2) is 49.0 Å². The number of nitrogens with zero attached hydrogens (tertiary/aromatic N) is 2. The topological polar surface area (TPSA) is 59.1 Å². The van der Waals surface area contributed by atoms with E-state index in [2.05, 4.69) is 53.0 Å². The Balaban J connectivity index is 2.96. The monoisotopic (exact) mass is 460 g/mol. The molecular formula is C27H44N2O4. The van der Waals surface area contributed by atoms with Crippen molar-refractivity contribution in [3.63, 3.8) is 0 Å². The second kappa shape index (κ2) is 10.6. The Labute approximate surface area is 200 Å². The Hall–Kier alpha value is -2.50. The fraction of sp³-hybridized carbons (Fsp3) is 0.630. The first-order valence-electron chi connectivity index (χ1n) is 11.5. The molecule has 0 aliphatic carbocycles. The Morgan fingerprint density at radius 2 is 1.42 bits per heavy atom. The number of carbonyl (C=O) groups is 2. The van der Waals surface area contributed by atoms with E-state index in [4.69, 9.17) is 9.47 Å². The van der Waals surface area contributed by atoms with Crippen LogP contribution < -0.4 is 4.74 Å². The molecule has 33 heavy (non-hydrogen) atoms. The minimum atomic E-state index is -0.609. The molecule has 0 aliphatic heterocycles. The van der Waals surface area contributed by atoms with Gasteiger partial charge in [-0.1, -0.05) is 54.2 Å². The summed E-state index contributed by atoms with van der Waals surface area (Å²) in [5.74, 6) is 0.0918. The summed E-state index contributed by atoms with van der Waals surface area (Å²) >= 11 is 0. The van der Waals surface area contributed by atoms with Gasteiger partial charge in [0.25, 0.3) is 0 Å². The summed E-state index contributed by atoms with van der Waals surface area (Å²) in [6.45, 7) is 23.4. The minimum Gasteiger partial charge on any atom is -0.460 e. The third-order valence-electron chi connectivity index (χ3n) is 5.50. The lowest BCUT2D eigenvalue weighted by Crippen LogP contribution is -2.37. The highest BCUT2D eigenvalue weighted by Gasteiger charge is 2.25. The van der Waals surface area contributed by atoms with E-state index in [1.165, 1.54) is 4.90 Å². The highest BCUT2D eigenvalue weighted by Crippen LogP contribution is 2.30. The molecule has 0 aromatic heterocycles. The molecule has 186 valence electrons. The fourth-order valence-corrected chi connectivity index (χ4v) is 2.89. The van der Waals surface area contributed by atoms with Gasteiger partial charge in [0.15, 0.2) is 0 Å². The highest BCUT2D eigenvalue weighted by atomic mass is 16.6. The van der Waals surface area contributed by atoms with Crippen molar-refractivity contribution in [1.82, 2.24) is 9.80 Å². The standard InChI is InChI=1S/C27H44N2O4/c1-19(25(2,3)4)28(11)15-16-29(12)24(31)33-22-14-13-21(26(5,6)7)17-20(22)18-32-23(30)27(8,9)10/h13-14,17H,1,15-16,18H2,2-12H3. The number of carbonyl (C=O) groups excluding carboxylic acids is 2. The van der Waals surface area contributed by atoms with E-state index < -0.39 is 11.5 Å². The molecule has 0 radical (unpaired) electrons. The van der Waals surface area contributed by atoms with Gasteiger partial charge in [0.05, 0.1) is 5.41 Å². The molecule has 0 spiro atoms. The third-order valence-corrected chi connectivity index (χ3v) is 5.50. The van der Waals surface area contributed by atoms with Crippen LogP contribution >= 0.6 is 0 Å². The number of ether oxygens (including phenoxy) is 2. The SMILES string of the molecule is C=C(N(C)CCN(C)C(=O)Oc1ccc(C(C)(C)C)cc1COC(=O)C(C)(C)C)C(C)(C)C. The molecule has 0 saturated heterocycles. The zero-order chi connectivity index (χ0) is 25.8. The molecule has 1 amide bonds. The molecular weight excluding hydrogens is 416 g/mol. The molecule has 0 heterocycles. The zero-order valence-corrected chi connectivity index (χ0v) is 22.6. The molecule has 0 atom stereocenters. The van der Waals surface area contributed by atoms with E-state index in [-0.39, 0.29) is 23.4 Å². The molecule has 0 N–H and O–H groups in total. The highest BCUT2D eigenvalue weighted by molar-refractivity contribution is 5.75. The van der Waals surface area contributed by atoms with Crippen LogP contribution in [0.25, 0.3) is 0 Å². The van der Waals surface area contributed by atoms with Gasteiger partial charge in [0, 0.05) is 43.9 Å². The average Bonchev–Trinajstić information content (AvgIpc) is 2.67. The van der Waals surface area contributed by atoms with Gasteiger partial charge < -0.3 is 19.3 Å². The third kappa shape index (κ3) is 8.75. The summed E-state index contributed by atoms with van der Waals surface area (Å²) in [7, 11) is 3.68. The summed E-state index contributed by atoms with van der Waals surface area (Å²) in [5, 5.41) is 0. The molecule has 1 rings (SSSR count). The van der Waals surface area contributed by atoms with Gasteiger partial charge in [-0.2, -0.15) is 0 Å². The molecule has 6 heteroatoms. The van der Waals surface area contributed by atoms with E-state index in [0.717, 1.165) is 11.3 Å². The molecule has 0 unspecified atom stereocenters. The van der Waals surface area contributed by atoms with E-state index in [0.29, 0.717) is 24.4 Å². The quantitative estimate of drug-likeness (QED) is 0.467. The largest absolute Gasteiger partial charge is 0.460 e. The summed E-state index contributed by atoms with van der Waals surface area (Å²) < 4.78 is 11.2. The lowest BCUT2D eigenvalue weighted by Gasteiger charge is -2.32. The van der Waals surface area contributed by atoms with E-state index in [1.54, 1.807) is 13.1 Å². The van der Waals surface area contributed by atoms with E-state index >= 15 is 0 Å². The summed E-state index contributed by atoms with van der Waals surface area (Å²) in [4.78, 5) is 28.7. The van der Waals surface area contributed by atoms with Gasteiger partial charge in [-0.25, -0.2) is 4.79 Å². The Morgan fingerprint density at radius 3 is 1.91 bits per heavy atom. The number of rotatable bonds is 7. The van der Waals surface area contributed by atoms with E-state index in [1.807, 2.05) is 40.0 Å². The molecule has 0 bridgehead atoms. The molecule has 0 aliphatic rings. The second-order valence-corrected chi connectivity index (χ2v) is 11.8. The maximum Gasteiger partial charge on any atom is 0.415 e. The Kier molecular flexibility index (Phi) is 9.18. The predicted octanol–water partition coefficient (Wildman–Crippen LogP) is 6.00. The van der Waals surface area contributed by atoms with Crippen molar-refractivity contribution < 1.29 is 19.1 Å². The number of amides is 1. The zero-order valence-electron chi connectivity index (χ0n) is 22.6. The number of hydrogen-bond acceptors (Lipinski definition) is 5. The lowest BCUT2D eigenvalue weighted by atomic mass is 9.86. The fourth-order valence-electron chi connectivity index (χ4n) is 2.89. The second-order valence-electron chi connectivity index (χ2n) is 11.8. The van der Waals surface area contributed by atoms with Crippen LogP contribution in [0.3, 0.4) is 0 Å². The first-order chi connectivity index (χ1) is 14.8. The number of hydrogen-bond donors (Lipinski definition) is 0. The maximum atomic E-state index is 12.8. The van der Waals surface area contributed by atoms with Crippen LogP contribution in [0.1, 0.15) is 73.4 Å². The van der Waals surface area contributed by atoms with Crippen LogP contribution in [0.4, 0.5) is 4.79 Å². The molecule has 6 nitrogen and oxygen atoms in total. The van der Waals surface area contributed by atoms with Crippen molar-refractivity contribution in [3.05, 3.63) is 41.6 Å². The number of likely N-dealkylation sites (N-methyl/N-ethyl adjacent to an activating group) is 2. The van der Waals surface area contributed by atoms with Crippen LogP contribution in [-0.2, 0) is 21.6 Å². The Bertz CT molecular complexity index is 854. The molecule has 0 fully saturated rings. The number of esters is 1. The van der Waals surface area contributed by atoms with E-state index in [9.17, 15) is 9.59 Å². The summed E-state index contributed by atoms with van der Waals surface area (Å²) in [5.41, 5.74) is 2.00. The predicted molar refractivity (Wildman–Crippen MR) is 134 cm³/mol. The first kappa shape index (κ1) is 28.5. The maximum absolute atomic E-state index is 12.8. The smallest absolute Gasteiger partial charge is 0.415 e. The van der Waals surface area contributed by atoms with Gasteiger partial charge in [0.1, 0.15) is 12.4 Å². The summed E-state index contributed by atoms with van der Waals surface area (Å²) in [6.07, 6.45) is -0.461. The average molecular weight is 461 g/mol. The van der Waals surface area contributed by atoms with Crippen molar-refractivity contribution in [2.45, 2.75) is 74.3 Å². The molecule has 0 saturated carbocycles. The van der Waals surface area contributed by atoms with Crippen LogP contribution in [0.5, 0.6) is 5.75 Å². The van der Waals surface area contributed by atoms with Crippen molar-refractivity contribution in [2.24, 2.45) is 10.8 Å². The van der Waals surface area contributed by atoms with Gasteiger partial charge >= 0.3 is 12.1 Å². The van der Waals surface area contributed by atoms with Crippen LogP contribution in [0, 0.1) is 10.8 Å². The van der Waals surface area contributed by atoms with Crippen LogP contribution in [0.2, 0.25) is 0 Å². The minimum absolute atomic E-state index is 0.0397.